The van der Waals surface area contributed by atoms with E-state index in [-0.39, 0.29) is 0 Å². The van der Waals surface area contributed by atoms with Crippen molar-refractivity contribution in [3.8, 4) is 0 Å². The number of ether oxygens (including phenoxy) is 1. The lowest BCUT2D eigenvalue weighted by Crippen LogP contribution is -2.39. The summed E-state index contributed by atoms with van der Waals surface area (Å²) in [5, 5.41) is 11.5. The topological polar surface area (TPSA) is 84.4 Å². The van der Waals surface area contributed by atoms with Gasteiger partial charge in [-0.05, 0) is 37.3 Å². The molecule has 1 aromatic heterocycles. The van der Waals surface area contributed by atoms with E-state index in [1.807, 2.05) is 12.1 Å². The van der Waals surface area contributed by atoms with E-state index >= 15 is 0 Å². The molecule has 0 bridgehead atoms. The summed E-state index contributed by atoms with van der Waals surface area (Å²) in [7, 11) is -1.44. The van der Waals surface area contributed by atoms with Crippen molar-refractivity contribution in [3.05, 3.63) is 17.8 Å². The average molecular weight is 328 g/mol. The van der Waals surface area contributed by atoms with Gasteiger partial charge in [-0.15, -0.1) is 5.10 Å². The molecule has 1 N–H and O–H groups in total. The lowest BCUT2D eigenvalue weighted by molar-refractivity contribution is 0.210. The Labute approximate surface area is 132 Å². The Kier molecular flexibility index (Phi) is 6.10. The van der Waals surface area contributed by atoms with Crippen LogP contribution in [0.4, 0.5) is 5.82 Å². The van der Waals surface area contributed by atoms with E-state index in [1.54, 1.807) is 11.4 Å². The summed E-state index contributed by atoms with van der Waals surface area (Å²) in [5.41, 5.74) is 0.901. The van der Waals surface area contributed by atoms with Gasteiger partial charge in [-0.25, -0.2) is 12.7 Å². The first-order valence-electron chi connectivity index (χ1n) is 7.49. The van der Waals surface area contributed by atoms with Crippen molar-refractivity contribution in [3.63, 3.8) is 0 Å². The van der Waals surface area contributed by atoms with E-state index in [0.29, 0.717) is 32.2 Å². The van der Waals surface area contributed by atoms with Gasteiger partial charge in [0, 0.05) is 26.7 Å². The van der Waals surface area contributed by atoms with Gasteiger partial charge in [0.1, 0.15) is 5.82 Å². The number of nitrogens with zero attached hydrogens (tertiary/aromatic N) is 3. The van der Waals surface area contributed by atoms with Crippen LogP contribution in [-0.4, -0.2) is 62.5 Å². The van der Waals surface area contributed by atoms with Crippen LogP contribution in [0.3, 0.4) is 0 Å². The Morgan fingerprint density at radius 2 is 2.23 bits per heavy atom. The third-order valence-electron chi connectivity index (χ3n) is 3.78. The SMILES string of the molecule is COCCNc1ccc(C[C@@H]2CCCN(S(C)(=O)=O)C2)nn1. The highest BCUT2D eigenvalue weighted by Gasteiger charge is 2.26. The maximum Gasteiger partial charge on any atom is 0.211 e. The largest absolute Gasteiger partial charge is 0.383 e. The smallest absolute Gasteiger partial charge is 0.211 e. The summed E-state index contributed by atoms with van der Waals surface area (Å²) >= 11 is 0. The molecule has 124 valence electrons. The Morgan fingerprint density at radius 3 is 2.86 bits per heavy atom. The normalized spacial score (nSPS) is 20.0. The number of hydrogen-bond acceptors (Lipinski definition) is 6. The van der Waals surface area contributed by atoms with Crippen molar-refractivity contribution >= 4 is 15.8 Å². The monoisotopic (exact) mass is 328 g/mol. The first-order valence-corrected chi connectivity index (χ1v) is 9.34. The summed E-state index contributed by atoms with van der Waals surface area (Å²) in [5.74, 6) is 1.03. The van der Waals surface area contributed by atoms with Gasteiger partial charge in [0.25, 0.3) is 0 Å². The van der Waals surface area contributed by atoms with Crippen LogP contribution in [-0.2, 0) is 21.2 Å². The third-order valence-corrected chi connectivity index (χ3v) is 5.05. The third kappa shape index (κ3) is 5.19. The highest BCUT2D eigenvalue weighted by atomic mass is 32.2. The van der Waals surface area contributed by atoms with Gasteiger partial charge in [0.2, 0.25) is 10.0 Å². The van der Waals surface area contributed by atoms with Gasteiger partial charge in [-0.1, -0.05) is 0 Å². The molecule has 0 saturated carbocycles. The van der Waals surface area contributed by atoms with Crippen molar-refractivity contribution in [2.45, 2.75) is 19.3 Å². The lowest BCUT2D eigenvalue weighted by atomic mass is 9.94. The second-order valence-electron chi connectivity index (χ2n) is 5.66. The summed E-state index contributed by atoms with van der Waals surface area (Å²) in [6.45, 7) is 2.51. The minimum Gasteiger partial charge on any atom is -0.383 e. The van der Waals surface area contributed by atoms with Crippen LogP contribution in [0.5, 0.6) is 0 Å². The molecular weight excluding hydrogens is 304 g/mol. The summed E-state index contributed by atoms with van der Waals surface area (Å²) in [4.78, 5) is 0. The molecule has 0 amide bonds. The first kappa shape index (κ1) is 17.1. The molecule has 1 aromatic rings. The number of rotatable bonds is 7. The molecule has 7 nitrogen and oxygen atoms in total. The number of anilines is 1. The maximum atomic E-state index is 11.6. The second kappa shape index (κ2) is 7.85. The fourth-order valence-electron chi connectivity index (χ4n) is 2.63. The number of piperidine rings is 1. The van der Waals surface area contributed by atoms with Gasteiger partial charge in [-0.2, -0.15) is 5.10 Å². The number of nitrogens with one attached hydrogen (secondary N) is 1. The fourth-order valence-corrected chi connectivity index (χ4v) is 3.58. The van der Waals surface area contributed by atoms with E-state index in [4.69, 9.17) is 4.74 Å². The van der Waals surface area contributed by atoms with Crippen LogP contribution in [0.25, 0.3) is 0 Å². The van der Waals surface area contributed by atoms with Crippen molar-refractivity contribution in [2.75, 3.05) is 44.9 Å². The second-order valence-corrected chi connectivity index (χ2v) is 7.65. The number of sulfonamides is 1. The number of hydrogen-bond donors (Lipinski definition) is 1. The highest BCUT2D eigenvalue weighted by Crippen LogP contribution is 2.21. The highest BCUT2D eigenvalue weighted by molar-refractivity contribution is 7.88. The fraction of sp³-hybridized carbons (Fsp3) is 0.714. The molecule has 2 heterocycles. The molecule has 1 saturated heterocycles. The molecular formula is C14H24N4O3S. The minimum atomic E-state index is -3.10. The van der Waals surface area contributed by atoms with Crippen molar-refractivity contribution < 1.29 is 13.2 Å². The van der Waals surface area contributed by atoms with Crippen LogP contribution < -0.4 is 5.32 Å². The Morgan fingerprint density at radius 1 is 1.41 bits per heavy atom. The van der Waals surface area contributed by atoms with Crippen LogP contribution in [0, 0.1) is 5.92 Å². The predicted octanol–water partition coefficient (Wildman–Crippen LogP) is 0.749. The molecule has 0 radical (unpaired) electrons. The zero-order valence-electron chi connectivity index (χ0n) is 13.2. The molecule has 0 spiro atoms. The summed E-state index contributed by atoms with van der Waals surface area (Å²) in [6, 6.07) is 3.84. The predicted molar refractivity (Wildman–Crippen MR) is 85.2 cm³/mol. The molecule has 2 rings (SSSR count). The number of aromatic nitrogens is 2. The van der Waals surface area contributed by atoms with Crippen molar-refractivity contribution in [2.24, 2.45) is 5.92 Å². The Hall–Kier alpha value is -1.25. The van der Waals surface area contributed by atoms with Crippen LogP contribution >= 0.6 is 0 Å². The molecule has 8 heteroatoms. The van der Waals surface area contributed by atoms with Gasteiger partial charge in [0.15, 0.2) is 0 Å². The molecule has 0 unspecified atom stereocenters. The Balaban J connectivity index is 1.87. The van der Waals surface area contributed by atoms with E-state index < -0.39 is 10.0 Å². The van der Waals surface area contributed by atoms with E-state index in [2.05, 4.69) is 15.5 Å². The molecule has 1 atom stereocenters. The molecule has 22 heavy (non-hydrogen) atoms. The molecule has 0 aromatic carbocycles. The van der Waals surface area contributed by atoms with Crippen LogP contribution in [0.2, 0.25) is 0 Å². The van der Waals surface area contributed by atoms with E-state index in [1.165, 1.54) is 6.26 Å². The molecule has 1 aliphatic rings. The summed E-state index contributed by atoms with van der Waals surface area (Å²) < 4.78 is 29.8. The lowest BCUT2D eigenvalue weighted by Gasteiger charge is -2.30. The standard InChI is InChI=1S/C14H24N4O3S/c1-21-9-7-15-14-6-5-13(16-17-14)10-12-4-3-8-18(11-12)22(2,19)20/h5-6,12H,3-4,7-11H2,1-2H3,(H,15,17)/t12-/m0/s1. The van der Waals surface area contributed by atoms with Crippen molar-refractivity contribution in [1.82, 2.24) is 14.5 Å². The maximum absolute atomic E-state index is 11.6. The van der Waals surface area contributed by atoms with E-state index in [0.717, 1.165) is 30.8 Å². The molecule has 1 fully saturated rings. The Bertz CT molecular complexity index is 562. The van der Waals surface area contributed by atoms with Gasteiger partial charge >= 0.3 is 0 Å². The van der Waals surface area contributed by atoms with Crippen molar-refractivity contribution in [1.29, 1.82) is 0 Å². The van der Waals surface area contributed by atoms with Gasteiger partial charge in [-0.3, -0.25) is 0 Å². The average Bonchev–Trinajstić information content (AvgIpc) is 2.49. The van der Waals surface area contributed by atoms with Gasteiger partial charge < -0.3 is 10.1 Å². The van der Waals surface area contributed by atoms with Crippen LogP contribution in [0.1, 0.15) is 18.5 Å². The summed E-state index contributed by atoms with van der Waals surface area (Å²) in [6.07, 6.45) is 3.97. The van der Waals surface area contributed by atoms with E-state index in [9.17, 15) is 8.42 Å². The minimum absolute atomic E-state index is 0.310. The quantitative estimate of drug-likeness (QED) is 0.744. The zero-order valence-corrected chi connectivity index (χ0v) is 14.0. The number of methoxy groups -OCH3 is 1. The van der Waals surface area contributed by atoms with Gasteiger partial charge in [0.05, 0.1) is 18.6 Å². The van der Waals surface area contributed by atoms with Crippen LogP contribution in [0.15, 0.2) is 12.1 Å². The zero-order chi connectivity index (χ0) is 16.0. The molecule has 0 aliphatic carbocycles. The molecule has 1 aliphatic heterocycles. The first-order chi connectivity index (χ1) is 10.5.